The van der Waals surface area contributed by atoms with Crippen molar-refractivity contribution in [3.63, 3.8) is 0 Å². The van der Waals surface area contributed by atoms with Crippen LogP contribution in [-0.2, 0) is 10.0 Å². The van der Waals surface area contributed by atoms with Crippen LogP contribution in [0.2, 0.25) is 0 Å². The molecule has 0 spiro atoms. The first kappa shape index (κ1) is 15.7. The maximum absolute atomic E-state index is 12.2. The fourth-order valence-electron chi connectivity index (χ4n) is 1.79. The van der Waals surface area contributed by atoms with Crippen LogP contribution in [0.5, 0.6) is 5.75 Å². The zero-order chi connectivity index (χ0) is 16.8. The molecule has 23 heavy (non-hydrogen) atoms. The lowest BCUT2D eigenvalue weighted by molar-refractivity contribution is -0.274. The van der Waals surface area contributed by atoms with Gasteiger partial charge in [-0.05, 0) is 12.1 Å². The van der Waals surface area contributed by atoms with Gasteiger partial charge in [0.05, 0.1) is 11.9 Å². The summed E-state index contributed by atoms with van der Waals surface area (Å²) < 4.78 is 63.8. The molecule has 3 rings (SSSR count). The Morgan fingerprint density at radius 2 is 2.04 bits per heavy atom. The van der Waals surface area contributed by atoms with E-state index in [0.29, 0.717) is 11.3 Å². The van der Waals surface area contributed by atoms with E-state index in [4.69, 9.17) is 5.14 Å². The molecule has 12 heteroatoms. The molecule has 0 bridgehead atoms. The molecule has 0 aliphatic rings. The summed E-state index contributed by atoms with van der Waals surface area (Å²) in [5.74, 6) is -0.385. The molecule has 0 saturated heterocycles. The van der Waals surface area contributed by atoms with Gasteiger partial charge in [0.25, 0.3) is 10.0 Å². The summed E-state index contributed by atoms with van der Waals surface area (Å²) in [5, 5.41) is 8.72. The van der Waals surface area contributed by atoms with Crippen LogP contribution in [0.4, 0.5) is 13.2 Å². The van der Waals surface area contributed by atoms with Gasteiger partial charge in [0.2, 0.25) is 9.30 Å². The lowest BCUT2D eigenvalue weighted by Gasteiger charge is -2.09. The first-order valence-electron chi connectivity index (χ1n) is 5.87. The number of alkyl halides is 3. The topological polar surface area (TPSA) is 99.6 Å². The second kappa shape index (κ2) is 5.18. The van der Waals surface area contributed by atoms with Gasteiger partial charge in [0, 0.05) is 5.56 Å². The molecule has 7 nitrogen and oxygen atoms in total. The number of primary sulfonamides is 1. The van der Waals surface area contributed by atoms with Crippen LogP contribution in [0.1, 0.15) is 0 Å². The van der Waals surface area contributed by atoms with Crippen molar-refractivity contribution in [2.45, 2.75) is 10.7 Å². The summed E-state index contributed by atoms with van der Waals surface area (Å²) in [5.41, 5.74) is 0.680. The fourth-order valence-corrected chi connectivity index (χ4v) is 3.29. The molecular formula is C11H7F3N4O3S2. The molecule has 3 aromatic rings. The van der Waals surface area contributed by atoms with Crippen LogP contribution in [0.3, 0.4) is 0 Å². The molecular weight excluding hydrogens is 357 g/mol. The van der Waals surface area contributed by atoms with Crippen molar-refractivity contribution in [3.05, 3.63) is 30.5 Å². The molecule has 1 aromatic carbocycles. The summed E-state index contributed by atoms with van der Waals surface area (Å²) in [6.07, 6.45) is -3.41. The molecule has 0 aliphatic heterocycles. The summed E-state index contributed by atoms with van der Waals surface area (Å²) in [6, 6.07) is 5.25. The van der Waals surface area contributed by atoms with E-state index in [9.17, 15) is 21.6 Å². The van der Waals surface area contributed by atoms with Gasteiger partial charge >= 0.3 is 6.36 Å². The van der Waals surface area contributed by atoms with E-state index >= 15 is 0 Å². The highest BCUT2D eigenvalue weighted by Crippen LogP contribution is 2.28. The van der Waals surface area contributed by atoms with E-state index in [-0.39, 0.29) is 15.1 Å². The second-order valence-electron chi connectivity index (χ2n) is 4.34. The van der Waals surface area contributed by atoms with Crippen LogP contribution in [-0.4, -0.2) is 29.4 Å². The third kappa shape index (κ3) is 3.43. The van der Waals surface area contributed by atoms with Crippen molar-refractivity contribution < 1.29 is 26.3 Å². The fraction of sp³-hybridized carbons (Fsp3) is 0.0909. The lowest BCUT2D eigenvalue weighted by Crippen LogP contribution is -2.17. The number of hydrogen-bond donors (Lipinski definition) is 1. The van der Waals surface area contributed by atoms with Crippen LogP contribution in [0.15, 0.2) is 34.8 Å². The molecule has 0 atom stereocenters. The van der Waals surface area contributed by atoms with Crippen LogP contribution < -0.4 is 9.88 Å². The summed E-state index contributed by atoms with van der Waals surface area (Å²) in [7, 11) is -3.94. The largest absolute Gasteiger partial charge is 0.573 e. The Morgan fingerprint density at radius 1 is 1.30 bits per heavy atom. The van der Waals surface area contributed by atoms with Gasteiger partial charge in [-0.15, -0.1) is 18.3 Å². The predicted molar refractivity (Wildman–Crippen MR) is 74.4 cm³/mol. The summed E-state index contributed by atoms with van der Waals surface area (Å²) in [6.45, 7) is 0. The van der Waals surface area contributed by atoms with E-state index in [1.165, 1.54) is 28.9 Å². The van der Waals surface area contributed by atoms with Crippen molar-refractivity contribution in [1.82, 2.24) is 14.6 Å². The van der Waals surface area contributed by atoms with Crippen LogP contribution in [0, 0.1) is 0 Å². The minimum absolute atomic E-state index is 0.242. The Morgan fingerprint density at radius 3 is 2.65 bits per heavy atom. The standard InChI is InChI=1S/C11H7F3N4O3S2/c12-11(13,14)21-7-3-1-2-6(4-7)8-5-18-9(16-8)22-10(17-18)23(15,19)20/h1-5H,(H2,15,19,20). The highest BCUT2D eigenvalue weighted by Gasteiger charge is 2.31. The average Bonchev–Trinajstić information content (AvgIpc) is 2.93. The van der Waals surface area contributed by atoms with Crippen molar-refractivity contribution in [3.8, 4) is 17.0 Å². The van der Waals surface area contributed by atoms with Crippen molar-refractivity contribution >= 4 is 26.3 Å². The van der Waals surface area contributed by atoms with Gasteiger partial charge in [0.1, 0.15) is 5.75 Å². The molecule has 0 radical (unpaired) electrons. The molecule has 2 N–H and O–H groups in total. The molecule has 0 unspecified atom stereocenters. The van der Waals surface area contributed by atoms with Gasteiger partial charge < -0.3 is 4.74 Å². The lowest BCUT2D eigenvalue weighted by atomic mass is 10.1. The molecule has 0 saturated carbocycles. The highest BCUT2D eigenvalue weighted by molar-refractivity contribution is 7.91. The monoisotopic (exact) mass is 364 g/mol. The zero-order valence-electron chi connectivity index (χ0n) is 11.0. The molecule has 2 aromatic heterocycles. The molecule has 0 fully saturated rings. The molecule has 122 valence electrons. The van der Waals surface area contributed by atoms with E-state index in [1.807, 2.05) is 0 Å². The first-order valence-corrected chi connectivity index (χ1v) is 8.23. The number of fused-ring (bicyclic) bond motifs is 1. The zero-order valence-corrected chi connectivity index (χ0v) is 12.6. The van der Waals surface area contributed by atoms with Gasteiger partial charge in [0.15, 0.2) is 0 Å². The highest BCUT2D eigenvalue weighted by atomic mass is 32.2. The number of ether oxygens (including phenoxy) is 1. The first-order chi connectivity index (χ1) is 10.6. The summed E-state index contributed by atoms with van der Waals surface area (Å²) >= 11 is 0.750. The number of benzene rings is 1. The Labute approximate surface area is 131 Å². The molecule has 0 aliphatic carbocycles. The number of rotatable bonds is 3. The Balaban J connectivity index is 1.97. The number of hydrogen-bond acceptors (Lipinski definition) is 6. The average molecular weight is 364 g/mol. The van der Waals surface area contributed by atoms with Crippen molar-refractivity contribution in [2.24, 2.45) is 5.14 Å². The maximum Gasteiger partial charge on any atom is 0.573 e. The number of nitrogens with two attached hydrogens (primary N) is 1. The van der Waals surface area contributed by atoms with Crippen LogP contribution in [0.25, 0.3) is 16.2 Å². The summed E-state index contributed by atoms with van der Waals surface area (Å²) in [4.78, 5) is 4.36. The number of aromatic nitrogens is 3. The van der Waals surface area contributed by atoms with Gasteiger partial charge in [-0.2, -0.15) is 0 Å². The van der Waals surface area contributed by atoms with Crippen molar-refractivity contribution in [1.29, 1.82) is 0 Å². The molecule has 2 heterocycles. The minimum atomic E-state index is -4.79. The Kier molecular flexibility index (Phi) is 3.54. The maximum atomic E-state index is 12.2. The van der Waals surface area contributed by atoms with Gasteiger partial charge in [-0.1, -0.05) is 23.5 Å². The minimum Gasteiger partial charge on any atom is -0.406 e. The third-order valence-corrected chi connectivity index (χ3v) is 4.86. The molecule has 0 amide bonds. The SMILES string of the molecule is NS(=O)(=O)c1nn2cc(-c3cccc(OC(F)(F)F)c3)nc2s1. The number of halogens is 3. The number of nitrogens with zero attached hydrogens (tertiary/aromatic N) is 3. The van der Waals surface area contributed by atoms with Gasteiger partial charge in [-0.25, -0.2) is 23.1 Å². The number of imidazole rings is 1. The Hall–Kier alpha value is -2.18. The van der Waals surface area contributed by atoms with E-state index < -0.39 is 16.4 Å². The van der Waals surface area contributed by atoms with E-state index in [1.54, 1.807) is 0 Å². The van der Waals surface area contributed by atoms with E-state index in [0.717, 1.165) is 17.4 Å². The number of sulfonamides is 1. The Bertz CT molecular complexity index is 946. The predicted octanol–water partition coefficient (Wildman–Crippen LogP) is 2.00. The normalized spacial score (nSPS) is 12.7. The van der Waals surface area contributed by atoms with Gasteiger partial charge in [-0.3, -0.25) is 0 Å². The van der Waals surface area contributed by atoms with Crippen LogP contribution >= 0.6 is 11.3 Å². The van der Waals surface area contributed by atoms with Crippen molar-refractivity contribution in [2.75, 3.05) is 0 Å². The smallest absolute Gasteiger partial charge is 0.406 e. The van der Waals surface area contributed by atoms with E-state index in [2.05, 4.69) is 14.8 Å². The third-order valence-electron chi connectivity index (χ3n) is 2.63. The second-order valence-corrected chi connectivity index (χ2v) is 7.03. The quantitative estimate of drug-likeness (QED) is 0.766.